The second-order valence-corrected chi connectivity index (χ2v) is 9.39. The number of carboxylic acid groups (broad SMARTS) is 2. The number of nitrogens with zero attached hydrogens (tertiary/aromatic N) is 1. The topological polar surface area (TPSA) is 119 Å². The molecular formula is C25H37N3O5. The van der Waals surface area contributed by atoms with Gasteiger partial charge in [0.1, 0.15) is 12.6 Å². The van der Waals surface area contributed by atoms with E-state index in [9.17, 15) is 24.6 Å². The Hall–Kier alpha value is -2.45. The summed E-state index contributed by atoms with van der Waals surface area (Å²) in [5.74, 6) is -1.61. The minimum Gasteiger partial charge on any atom is -0.480 e. The van der Waals surface area contributed by atoms with E-state index < -0.39 is 24.0 Å². The van der Waals surface area contributed by atoms with E-state index in [2.05, 4.69) is 10.6 Å². The average molecular weight is 460 g/mol. The van der Waals surface area contributed by atoms with Gasteiger partial charge in [-0.15, -0.1) is 0 Å². The van der Waals surface area contributed by atoms with E-state index in [-0.39, 0.29) is 18.4 Å². The van der Waals surface area contributed by atoms with Gasteiger partial charge in [-0.1, -0.05) is 49.6 Å². The van der Waals surface area contributed by atoms with E-state index in [0.29, 0.717) is 31.7 Å². The van der Waals surface area contributed by atoms with Crippen LogP contribution in [0.1, 0.15) is 62.8 Å². The highest BCUT2D eigenvalue weighted by molar-refractivity contribution is 5.86. The van der Waals surface area contributed by atoms with Crippen molar-refractivity contribution in [1.29, 1.82) is 0 Å². The first-order valence-electron chi connectivity index (χ1n) is 12.2. The third-order valence-corrected chi connectivity index (χ3v) is 6.97. The summed E-state index contributed by atoms with van der Waals surface area (Å²) in [4.78, 5) is 37.8. The fraction of sp³-hybridized carbons (Fsp3) is 0.640. The molecule has 2 heterocycles. The maximum absolute atomic E-state index is 13.2. The molecule has 1 amide bonds. The quantitative estimate of drug-likeness (QED) is 0.375. The Bertz CT molecular complexity index is 782. The Labute approximate surface area is 195 Å². The Morgan fingerprint density at radius 2 is 1.79 bits per heavy atom. The van der Waals surface area contributed by atoms with Gasteiger partial charge in [0.2, 0.25) is 5.91 Å². The van der Waals surface area contributed by atoms with Crippen LogP contribution in [0.4, 0.5) is 0 Å². The summed E-state index contributed by atoms with van der Waals surface area (Å²) < 4.78 is 0. The zero-order chi connectivity index (χ0) is 23.6. The molecule has 0 bridgehead atoms. The van der Waals surface area contributed by atoms with Gasteiger partial charge in [-0.25, -0.2) is 0 Å². The normalized spacial score (nSPS) is 23.2. The Balaban J connectivity index is 1.60. The predicted octanol–water partition coefficient (Wildman–Crippen LogP) is 2.45. The van der Waals surface area contributed by atoms with Crippen LogP contribution in [0, 0.1) is 5.92 Å². The molecule has 0 radical (unpaired) electrons. The van der Waals surface area contributed by atoms with Crippen LogP contribution < -0.4 is 10.6 Å². The summed E-state index contributed by atoms with van der Waals surface area (Å²) in [5, 5.41) is 25.5. The number of carbonyl (C=O) groups is 3. The third-order valence-electron chi connectivity index (χ3n) is 6.97. The largest absolute Gasteiger partial charge is 0.480 e. The SMILES string of the molecule is O=C(O)CN1C[C@@H](c2ccccc2)CC[C@H](N[C@@H](CCCCC2CCNCC2)C(=O)O)C1=O. The first-order valence-corrected chi connectivity index (χ1v) is 12.2. The summed E-state index contributed by atoms with van der Waals surface area (Å²) in [6.07, 6.45) is 6.88. The number of unbranched alkanes of at least 4 members (excludes halogenated alkanes) is 1. The number of hydrogen-bond acceptors (Lipinski definition) is 5. The second-order valence-electron chi connectivity index (χ2n) is 9.39. The molecule has 2 aliphatic rings. The van der Waals surface area contributed by atoms with Crippen molar-refractivity contribution in [3.8, 4) is 0 Å². The lowest BCUT2D eigenvalue weighted by Gasteiger charge is -2.27. The molecule has 8 heteroatoms. The molecule has 2 saturated heterocycles. The molecule has 4 N–H and O–H groups in total. The summed E-state index contributed by atoms with van der Waals surface area (Å²) >= 11 is 0. The minimum atomic E-state index is -1.07. The molecule has 2 fully saturated rings. The van der Waals surface area contributed by atoms with Crippen LogP contribution >= 0.6 is 0 Å². The van der Waals surface area contributed by atoms with E-state index >= 15 is 0 Å². The number of piperidine rings is 1. The first kappa shape index (κ1) is 25.2. The van der Waals surface area contributed by atoms with E-state index in [4.69, 9.17) is 0 Å². The molecule has 3 rings (SSSR count). The molecule has 3 atom stereocenters. The molecule has 2 aliphatic heterocycles. The monoisotopic (exact) mass is 459 g/mol. The van der Waals surface area contributed by atoms with E-state index in [1.54, 1.807) is 0 Å². The van der Waals surface area contributed by atoms with Crippen molar-refractivity contribution < 1.29 is 24.6 Å². The van der Waals surface area contributed by atoms with E-state index in [0.717, 1.165) is 37.9 Å². The van der Waals surface area contributed by atoms with Crippen molar-refractivity contribution in [3.05, 3.63) is 35.9 Å². The van der Waals surface area contributed by atoms with Gasteiger partial charge in [0.25, 0.3) is 0 Å². The molecule has 33 heavy (non-hydrogen) atoms. The van der Waals surface area contributed by atoms with Crippen LogP contribution in [-0.2, 0) is 14.4 Å². The van der Waals surface area contributed by atoms with Crippen molar-refractivity contribution >= 4 is 17.8 Å². The standard InChI is InChI=1S/C25H37N3O5/c29-23(30)17-28-16-20(19-7-2-1-3-8-19)10-11-21(24(28)31)27-22(25(32)33)9-5-4-6-18-12-14-26-15-13-18/h1-3,7-8,18,20-22,26-27H,4-6,9-17H2,(H,29,30)(H,32,33)/t20-,21-,22-/m0/s1. The van der Waals surface area contributed by atoms with Crippen molar-refractivity contribution in [2.24, 2.45) is 5.92 Å². The lowest BCUT2D eigenvalue weighted by molar-refractivity contribution is -0.146. The molecule has 182 valence electrons. The summed E-state index contributed by atoms with van der Waals surface area (Å²) in [5.41, 5.74) is 1.06. The summed E-state index contributed by atoms with van der Waals surface area (Å²) in [6, 6.07) is 8.27. The maximum Gasteiger partial charge on any atom is 0.323 e. The fourth-order valence-electron chi connectivity index (χ4n) is 5.09. The third kappa shape index (κ3) is 7.82. The number of hydrogen-bond donors (Lipinski definition) is 4. The number of aliphatic carboxylic acids is 2. The van der Waals surface area contributed by atoms with Gasteiger partial charge < -0.3 is 20.4 Å². The number of amides is 1. The summed E-state index contributed by atoms with van der Waals surface area (Å²) in [6.45, 7) is 2.06. The summed E-state index contributed by atoms with van der Waals surface area (Å²) in [7, 11) is 0. The highest BCUT2D eigenvalue weighted by atomic mass is 16.4. The number of carboxylic acids is 2. The van der Waals surface area contributed by atoms with Gasteiger partial charge in [-0.3, -0.25) is 19.7 Å². The number of carbonyl (C=O) groups excluding carboxylic acids is 1. The lowest BCUT2D eigenvalue weighted by Crippen LogP contribution is -2.52. The Morgan fingerprint density at radius 1 is 1.06 bits per heavy atom. The number of likely N-dealkylation sites (tertiary alicyclic amines) is 1. The molecule has 0 spiro atoms. The molecule has 0 aromatic heterocycles. The van der Waals surface area contributed by atoms with Crippen LogP contribution in [0.25, 0.3) is 0 Å². The van der Waals surface area contributed by atoms with E-state index in [1.165, 1.54) is 17.7 Å². The van der Waals surface area contributed by atoms with Crippen LogP contribution in [0.5, 0.6) is 0 Å². The van der Waals surface area contributed by atoms with Gasteiger partial charge in [0.05, 0.1) is 6.04 Å². The van der Waals surface area contributed by atoms with Crippen molar-refractivity contribution in [2.45, 2.75) is 69.4 Å². The highest BCUT2D eigenvalue weighted by Crippen LogP contribution is 2.27. The smallest absolute Gasteiger partial charge is 0.323 e. The van der Waals surface area contributed by atoms with Crippen molar-refractivity contribution in [2.75, 3.05) is 26.2 Å². The van der Waals surface area contributed by atoms with Gasteiger partial charge in [-0.2, -0.15) is 0 Å². The zero-order valence-electron chi connectivity index (χ0n) is 19.2. The fourth-order valence-corrected chi connectivity index (χ4v) is 5.09. The molecule has 0 saturated carbocycles. The van der Waals surface area contributed by atoms with Crippen molar-refractivity contribution in [3.63, 3.8) is 0 Å². The number of rotatable bonds is 11. The molecule has 1 aromatic rings. The Kier molecular flexibility index (Phi) is 9.69. The first-order chi connectivity index (χ1) is 15.9. The van der Waals surface area contributed by atoms with Gasteiger partial charge in [0, 0.05) is 12.5 Å². The number of nitrogens with one attached hydrogen (secondary N) is 2. The van der Waals surface area contributed by atoms with Gasteiger partial charge in [-0.05, 0) is 56.7 Å². The molecule has 8 nitrogen and oxygen atoms in total. The highest BCUT2D eigenvalue weighted by Gasteiger charge is 2.35. The van der Waals surface area contributed by atoms with E-state index in [1.807, 2.05) is 30.3 Å². The zero-order valence-corrected chi connectivity index (χ0v) is 19.2. The Morgan fingerprint density at radius 3 is 2.45 bits per heavy atom. The maximum atomic E-state index is 13.2. The molecule has 1 aromatic carbocycles. The average Bonchev–Trinajstić information content (AvgIpc) is 2.96. The van der Waals surface area contributed by atoms with Crippen LogP contribution in [0.15, 0.2) is 30.3 Å². The molecular weight excluding hydrogens is 422 g/mol. The van der Waals surface area contributed by atoms with Crippen LogP contribution in [-0.4, -0.2) is 71.2 Å². The van der Waals surface area contributed by atoms with Crippen LogP contribution in [0.2, 0.25) is 0 Å². The van der Waals surface area contributed by atoms with Gasteiger partial charge in [0.15, 0.2) is 0 Å². The van der Waals surface area contributed by atoms with Gasteiger partial charge >= 0.3 is 11.9 Å². The van der Waals surface area contributed by atoms with Crippen LogP contribution in [0.3, 0.4) is 0 Å². The van der Waals surface area contributed by atoms with Crippen molar-refractivity contribution in [1.82, 2.24) is 15.5 Å². The minimum absolute atomic E-state index is 0.0227. The second kappa shape index (κ2) is 12.7. The predicted molar refractivity (Wildman–Crippen MR) is 125 cm³/mol. The molecule has 0 aliphatic carbocycles. The molecule has 0 unspecified atom stereocenters. The number of benzene rings is 1. The lowest BCUT2D eigenvalue weighted by atomic mass is 9.91.